The van der Waals surface area contributed by atoms with Crippen LogP contribution in [0.25, 0.3) is 11.4 Å². The summed E-state index contributed by atoms with van der Waals surface area (Å²) in [5.41, 5.74) is 3.29. The van der Waals surface area contributed by atoms with Gasteiger partial charge in [0, 0.05) is 30.5 Å². The summed E-state index contributed by atoms with van der Waals surface area (Å²) in [6.45, 7) is 10.0. The Morgan fingerprint density at radius 2 is 2.18 bits per heavy atom. The molecule has 0 aliphatic carbocycles. The third-order valence-corrected chi connectivity index (χ3v) is 4.01. The Bertz CT molecular complexity index is 657. The Labute approximate surface area is 131 Å². The molecule has 1 unspecified atom stereocenters. The van der Waals surface area contributed by atoms with Crippen LogP contribution >= 0.6 is 0 Å². The zero-order chi connectivity index (χ0) is 15.7. The highest BCUT2D eigenvalue weighted by molar-refractivity contribution is 5.59. The molecule has 1 fully saturated rings. The highest BCUT2D eigenvalue weighted by Crippen LogP contribution is 2.28. The Kier molecular flexibility index (Phi) is 4.25. The van der Waals surface area contributed by atoms with Gasteiger partial charge < -0.3 is 4.74 Å². The molecule has 1 aliphatic rings. The molecule has 2 aromatic heterocycles. The maximum atomic E-state index is 5.54. The molecule has 118 valence electrons. The topological polar surface area (TPSA) is 52.8 Å². The summed E-state index contributed by atoms with van der Waals surface area (Å²) >= 11 is 0. The summed E-state index contributed by atoms with van der Waals surface area (Å²) in [4.78, 5) is 9.25. The first-order valence-corrected chi connectivity index (χ1v) is 8.01. The quantitative estimate of drug-likeness (QED) is 0.870. The van der Waals surface area contributed by atoms with Gasteiger partial charge in [0.1, 0.15) is 0 Å². The van der Waals surface area contributed by atoms with Gasteiger partial charge in [-0.3, -0.25) is 4.98 Å². The fourth-order valence-electron chi connectivity index (χ4n) is 2.90. The first-order valence-electron chi connectivity index (χ1n) is 8.01. The fourth-order valence-corrected chi connectivity index (χ4v) is 2.90. The van der Waals surface area contributed by atoms with E-state index in [0.29, 0.717) is 5.92 Å². The van der Waals surface area contributed by atoms with Crippen LogP contribution in [-0.4, -0.2) is 33.0 Å². The predicted molar refractivity (Wildman–Crippen MR) is 85.7 cm³/mol. The first kappa shape index (κ1) is 15.2. The van der Waals surface area contributed by atoms with Gasteiger partial charge in [0.2, 0.25) is 0 Å². The molecule has 3 rings (SSSR count). The lowest BCUT2D eigenvalue weighted by atomic mass is 10.1. The van der Waals surface area contributed by atoms with Gasteiger partial charge >= 0.3 is 0 Å². The van der Waals surface area contributed by atoms with E-state index >= 15 is 0 Å². The second kappa shape index (κ2) is 6.16. The van der Waals surface area contributed by atoms with Gasteiger partial charge in [0.05, 0.1) is 12.6 Å². The van der Waals surface area contributed by atoms with Crippen molar-refractivity contribution in [3.05, 3.63) is 29.3 Å². The SMILES string of the molecule is Cc1cc(C)c(-c2nc(CC(C)C)nn2C2CCOC2)cn1. The number of rotatable bonds is 4. The van der Waals surface area contributed by atoms with E-state index in [2.05, 4.69) is 36.5 Å². The van der Waals surface area contributed by atoms with Gasteiger partial charge in [-0.25, -0.2) is 9.67 Å². The number of aryl methyl sites for hydroxylation is 2. The van der Waals surface area contributed by atoms with Gasteiger partial charge in [-0.05, 0) is 37.8 Å². The number of aromatic nitrogens is 4. The maximum absolute atomic E-state index is 5.54. The molecule has 0 aromatic carbocycles. The molecule has 0 amide bonds. The fraction of sp³-hybridized carbons (Fsp3) is 0.588. The molecule has 0 spiro atoms. The minimum Gasteiger partial charge on any atom is -0.379 e. The number of hydrogen-bond acceptors (Lipinski definition) is 4. The number of pyridine rings is 1. The Balaban J connectivity index is 2.05. The van der Waals surface area contributed by atoms with Gasteiger partial charge in [-0.15, -0.1) is 0 Å². The molecular formula is C17H24N4O. The van der Waals surface area contributed by atoms with E-state index < -0.39 is 0 Å². The Morgan fingerprint density at radius 3 is 2.82 bits per heavy atom. The van der Waals surface area contributed by atoms with Crippen molar-refractivity contribution in [2.75, 3.05) is 13.2 Å². The summed E-state index contributed by atoms with van der Waals surface area (Å²) in [5, 5.41) is 4.77. The first-order chi connectivity index (χ1) is 10.5. The van der Waals surface area contributed by atoms with E-state index in [1.54, 1.807) is 0 Å². The molecule has 3 heterocycles. The third kappa shape index (κ3) is 3.04. The van der Waals surface area contributed by atoms with Crippen molar-refractivity contribution >= 4 is 0 Å². The van der Waals surface area contributed by atoms with Crippen molar-refractivity contribution in [2.45, 2.75) is 46.6 Å². The molecule has 2 aromatic rings. The van der Waals surface area contributed by atoms with E-state index in [-0.39, 0.29) is 6.04 Å². The van der Waals surface area contributed by atoms with Gasteiger partial charge in [-0.2, -0.15) is 5.10 Å². The summed E-state index contributed by atoms with van der Waals surface area (Å²) in [6.07, 6.45) is 3.81. The van der Waals surface area contributed by atoms with E-state index in [1.165, 1.54) is 5.56 Å². The lowest BCUT2D eigenvalue weighted by Gasteiger charge is -2.12. The number of ether oxygens (including phenoxy) is 1. The van der Waals surface area contributed by atoms with E-state index in [1.807, 2.05) is 13.1 Å². The molecule has 5 nitrogen and oxygen atoms in total. The van der Waals surface area contributed by atoms with Crippen LogP contribution in [0.15, 0.2) is 12.3 Å². The van der Waals surface area contributed by atoms with E-state index in [0.717, 1.165) is 49.0 Å². The second-order valence-electron chi connectivity index (χ2n) is 6.55. The molecule has 0 bridgehead atoms. The van der Waals surface area contributed by atoms with Gasteiger partial charge in [0.25, 0.3) is 0 Å². The lowest BCUT2D eigenvalue weighted by molar-refractivity contribution is 0.184. The minimum absolute atomic E-state index is 0.282. The Morgan fingerprint density at radius 1 is 1.36 bits per heavy atom. The predicted octanol–water partition coefficient (Wildman–Crippen LogP) is 3.12. The molecule has 0 saturated carbocycles. The van der Waals surface area contributed by atoms with Crippen LogP contribution in [-0.2, 0) is 11.2 Å². The van der Waals surface area contributed by atoms with Gasteiger partial charge in [0.15, 0.2) is 11.6 Å². The smallest absolute Gasteiger partial charge is 0.160 e. The minimum atomic E-state index is 0.282. The third-order valence-electron chi connectivity index (χ3n) is 4.01. The molecular weight excluding hydrogens is 276 g/mol. The molecule has 22 heavy (non-hydrogen) atoms. The molecule has 1 atom stereocenters. The van der Waals surface area contributed by atoms with Gasteiger partial charge in [-0.1, -0.05) is 13.8 Å². The molecule has 0 N–H and O–H groups in total. The summed E-state index contributed by atoms with van der Waals surface area (Å²) in [6, 6.07) is 2.38. The summed E-state index contributed by atoms with van der Waals surface area (Å²) in [5.74, 6) is 2.38. The van der Waals surface area contributed by atoms with E-state index in [4.69, 9.17) is 14.8 Å². The van der Waals surface area contributed by atoms with Crippen LogP contribution < -0.4 is 0 Å². The molecule has 5 heteroatoms. The monoisotopic (exact) mass is 300 g/mol. The van der Waals surface area contributed by atoms with Crippen molar-refractivity contribution in [1.82, 2.24) is 19.7 Å². The average Bonchev–Trinajstić information content (AvgIpc) is 3.07. The van der Waals surface area contributed by atoms with E-state index in [9.17, 15) is 0 Å². The van der Waals surface area contributed by atoms with Crippen molar-refractivity contribution in [3.8, 4) is 11.4 Å². The van der Waals surface area contributed by atoms with Crippen LogP contribution in [0.1, 0.15) is 43.4 Å². The number of hydrogen-bond donors (Lipinski definition) is 0. The molecule has 1 aliphatic heterocycles. The van der Waals surface area contributed by atoms with Crippen LogP contribution in [0, 0.1) is 19.8 Å². The van der Waals surface area contributed by atoms with Crippen molar-refractivity contribution in [2.24, 2.45) is 5.92 Å². The summed E-state index contributed by atoms with van der Waals surface area (Å²) in [7, 11) is 0. The maximum Gasteiger partial charge on any atom is 0.160 e. The normalized spacial score (nSPS) is 18.3. The number of nitrogens with zero attached hydrogens (tertiary/aromatic N) is 4. The zero-order valence-corrected chi connectivity index (χ0v) is 13.8. The lowest BCUT2D eigenvalue weighted by Crippen LogP contribution is -2.13. The van der Waals surface area contributed by atoms with Crippen molar-refractivity contribution < 1.29 is 4.74 Å². The highest BCUT2D eigenvalue weighted by atomic mass is 16.5. The van der Waals surface area contributed by atoms with Crippen LogP contribution in [0.2, 0.25) is 0 Å². The molecule has 1 saturated heterocycles. The standard InChI is InChI=1S/C17H24N4O/c1-11(2)7-16-19-17(15-9-18-13(4)8-12(15)3)21(20-16)14-5-6-22-10-14/h8-9,11,14H,5-7,10H2,1-4H3. The second-order valence-corrected chi connectivity index (χ2v) is 6.55. The average molecular weight is 300 g/mol. The zero-order valence-electron chi connectivity index (χ0n) is 13.8. The van der Waals surface area contributed by atoms with Crippen LogP contribution in [0.4, 0.5) is 0 Å². The van der Waals surface area contributed by atoms with Crippen LogP contribution in [0.3, 0.4) is 0 Å². The summed E-state index contributed by atoms with van der Waals surface area (Å²) < 4.78 is 7.60. The highest BCUT2D eigenvalue weighted by Gasteiger charge is 2.24. The van der Waals surface area contributed by atoms with Crippen molar-refractivity contribution in [3.63, 3.8) is 0 Å². The Hall–Kier alpha value is -1.75. The molecule has 0 radical (unpaired) electrons. The largest absolute Gasteiger partial charge is 0.379 e. The van der Waals surface area contributed by atoms with Crippen LogP contribution in [0.5, 0.6) is 0 Å². The van der Waals surface area contributed by atoms with Crippen molar-refractivity contribution in [1.29, 1.82) is 0 Å².